The number of nitrogens with one attached hydrogen (secondary N) is 1. The second kappa shape index (κ2) is 8.60. The first-order valence-corrected chi connectivity index (χ1v) is 9.20. The molecule has 26 heavy (non-hydrogen) atoms. The van der Waals surface area contributed by atoms with E-state index in [-0.39, 0.29) is 18.9 Å². The van der Waals surface area contributed by atoms with Gasteiger partial charge in [0.05, 0.1) is 0 Å². The fourth-order valence-electron chi connectivity index (χ4n) is 3.02. The van der Waals surface area contributed by atoms with Crippen LogP contribution in [0, 0.1) is 0 Å². The lowest BCUT2D eigenvalue weighted by molar-refractivity contribution is -0.0361. The van der Waals surface area contributed by atoms with Crippen LogP contribution in [0.4, 0.5) is 26.4 Å². The molecule has 0 saturated heterocycles. The topological polar surface area (TPSA) is 56.6 Å². The van der Waals surface area contributed by atoms with Crippen LogP contribution in [0.5, 0.6) is 0 Å². The molecule has 1 aliphatic carbocycles. The molecule has 1 fully saturated rings. The van der Waals surface area contributed by atoms with Crippen molar-refractivity contribution in [1.82, 2.24) is 9.97 Å². The molecule has 8 heteroatoms. The minimum absolute atomic E-state index is 0.00317. The van der Waals surface area contributed by atoms with Crippen LogP contribution in [-0.2, 0) is 0 Å². The summed E-state index contributed by atoms with van der Waals surface area (Å²) >= 11 is 0. The van der Waals surface area contributed by atoms with Crippen LogP contribution in [0.3, 0.4) is 0 Å². The summed E-state index contributed by atoms with van der Waals surface area (Å²) in [6.07, 6.45) is 1.72. The molecule has 0 aromatic carbocycles. The lowest BCUT2D eigenvalue weighted by Crippen LogP contribution is -2.32. The third-order valence-electron chi connectivity index (χ3n) is 4.36. The fraction of sp³-hybridized carbons (Fsp3) is 0.722. The molecule has 146 valence electrons. The summed E-state index contributed by atoms with van der Waals surface area (Å²) in [5.41, 5.74) is 0.896. The summed E-state index contributed by atoms with van der Waals surface area (Å²) < 4.78 is 26.8. The van der Waals surface area contributed by atoms with Crippen molar-refractivity contribution in [2.75, 3.05) is 35.9 Å². The lowest BCUT2D eigenvalue weighted by Gasteiger charge is -2.29. The Labute approximate surface area is 154 Å². The standard InChI is InChI=1S/C18H30F2N6/c1-6-11-25(4)16-12-15(21-14-7-9-18(19,20)10-8-14)22-17(23-16)26(5)24-13(2)3/h12,14H,6-11H2,1-5H3,(H,21,22,23). The number of hydrazone groups is 1. The number of alkyl halides is 2. The molecule has 0 spiro atoms. The van der Waals surface area contributed by atoms with Gasteiger partial charge in [0.25, 0.3) is 0 Å². The Balaban J connectivity index is 2.23. The summed E-state index contributed by atoms with van der Waals surface area (Å²) in [7, 11) is 3.78. The zero-order valence-corrected chi connectivity index (χ0v) is 16.4. The zero-order chi connectivity index (χ0) is 19.3. The van der Waals surface area contributed by atoms with Crippen LogP contribution >= 0.6 is 0 Å². The van der Waals surface area contributed by atoms with Gasteiger partial charge in [-0.2, -0.15) is 15.1 Å². The first kappa shape index (κ1) is 20.3. The highest BCUT2D eigenvalue weighted by atomic mass is 19.3. The van der Waals surface area contributed by atoms with Crippen molar-refractivity contribution >= 4 is 23.3 Å². The highest BCUT2D eigenvalue weighted by molar-refractivity contribution is 5.79. The fourth-order valence-corrected chi connectivity index (χ4v) is 3.02. The van der Waals surface area contributed by atoms with E-state index in [2.05, 4.69) is 32.2 Å². The van der Waals surface area contributed by atoms with E-state index in [4.69, 9.17) is 0 Å². The first-order chi connectivity index (χ1) is 12.2. The van der Waals surface area contributed by atoms with Crippen molar-refractivity contribution in [3.05, 3.63) is 6.07 Å². The SMILES string of the molecule is CCCN(C)c1cc(NC2CCC(F)(F)CC2)nc(N(C)N=C(C)C)n1. The van der Waals surface area contributed by atoms with Gasteiger partial charge in [0.1, 0.15) is 11.6 Å². The molecule has 1 N–H and O–H groups in total. The van der Waals surface area contributed by atoms with E-state index in [1.807, 2.05) is 27.0 Å². The van der Waals surface area contributed by atoms with Crippen molar-refractivity contribution in [3.8, 4) is 0 Å². The van der Waals surface area contributed by atoms with E-state index >= 15 is 0 Å². The molecule has 1 saturated carbocycles. The minimum atomic E-state index is -2.53. The Kier molecular flexibility index (Phi) is 6.72. The van der Waals surface area contributed by atoms with Crippen molar-refractivity contribution < 1.29 is 8.78 Å². The predicted molar refractivity (Wildman–Crippen MR) is 104 cm³/mol. The largest absolute Gasteiger partial charge is 0.367 e. The Bertz CT molecular complexity index is 620. The van der Waals surface area contributed by atoms with Crippen LogP contribution in [0.15, 0.2) is 11.2 Å². The molecular weight excluding hydrogens is 338 g/mol. The Morgan fingerprint density at radius 3 is 2.50 bits per heavy atom. The van der Waals surface area contributed by atoms with Gasteiger partial charge in [-0.25, -0.2) is 13.8 Å². The summed E-state index contributed by atoms with van der Waals surface area (Å²) in [6.45, 7) is 6.79. The number of hydrogen-bond donors (Lipinski definition) is 1. The first-order valence-electron chi connectivity index (χ1n) is 9.20. The molecule has 0 amide bonds. The molecule has 0 atom stereocenters. The Morgan fingerprint density at radius 2 is 1.92 bits per heavy atom. The molecule has 1 aliphatic rings. The van der Waals surface area contributed by atoms with Crippen LogP contribution in [-0.4, -0.2) is 48.3 Å². The van der Waals surface area contributed by atoms with Gasteiger partial charge in [0.2, 0.25) is 11.9 Å². The van der Waals surface area contributed by atoms with Gasteiger partial charge >= 0.3 is 0 Å². The number of rotatable bonds is 7. The van der Waals surface area contributed by atoms with Gasteiger partial charge in [-0.3, -0.25) is 0 Å². The van der Waals surface area contributed by atoms with E-state index < -0.39 is 5.92 Å². The molecule has 0 unspecified atom stereocenters. The number of nitrogens with zero attached hydrogens (tertiary/aromatic N) is 5. The average Bonchev–Trinajstić information content (AvgIpc) is 2.56. The van der Waals surface area contributed by atoms with Gasteiger partial charge in [0, 0.05) is 51.3 Å². The molecule has 1 heterocycles. The smallest absolute Gasteiger partial charge is 0.249 e. The third-order valence-corrected chi connectivity index (χ3v) is 4.36. The molecule has 2 rings (SSSR count). The highest BCUT2D eigenvalue weighted by Crippen LogP contribution is 2.34. The van der Waals surface area contributed by atoms with Crippen molar-refractivity contribution in [2.24, 2.45) is 5.10 Å². The van der Waals surface area contributed by atoms with E-state index in [9.17, 15) is 8.78 Å². The molecular formula is C18H30F2N6. The maximum absolute atomic E-state index is 13.4. The highest BCUT2D eigenvalue weighted by Gasteiger charge is 2.35. The molecule has 1 aromatic heterocycles. The van der Waals surface area contributed by atoms with E-state index in [1.54, 1.807) is 12.1 Å². The van der Waals surface area contributed by atoms with Gasteiger partial charge in [-0.05, 0) is 33.1 Å². The molecule has 0 bridgehead atoms. The number of anilines is 3. The van der Waals surface area contributed by atoms with E-state index in [0.29, 0.717) is 24.6 Å². The minimum Gasteiger partial charge on any atom is -0.367 e. The van der Waals surface area contributed by atoms with Gasteiger partial charge < -0.3 is 10.2 Å². The second-order valence-corrected chi connectivity index (χ2v) is 7.18. The van der Waals surface area contributed by atoms with Gasteiger partial charge in [-0.15, -0.1) is 0 Å². The van der Waals surface area contributed by atoms with Crippen molar-refractivity contribution in [1.29, 1.82) is 0 Å². The molecule has 0 radical (unpaired) electrons. The number of halogens is 2. The predicted octanol–water partition coefficient (Wildman–Crippen LogP) is 4.14. The quantitative estimate of drug-likeness (QED) is 0.579. The molecule has 6 nitrogen and oxygen atoms in total. The van der Waals surface area contributed by atoms with Crippen molar-refractivity contribution in [3.63, 3.8) is 0 Å². The number of aromatic nitrogens is 2. The maximum Gasteiger partial charge on any atom is 0.249 e. The lowest BCUT2D eigenvalue weighted by atomic mass is 9.92. The van der Waals surface area contributed by atoms with Crippen LogP contribution in [0.1, 0.15) is 52.9 Å². The van der Waals surface area contributed by atoms with E-state index in [1.165, 1.54) is 0 Å². The van der Waals surface area contributed by atoms with Crippen LogP contribution in [0.2, 0.25) is 0 Å². The molecule has 0 aliphatic heterocycles. The average molecular weight is 368 g/mol. The van der Waals surface area contributed by atoms with Crippen LogP contribution in [0.25, 0.3) is 0 Å². The Morgan fingerprint density at radius 1 is 1.27 bits per heavy atom. The second-order valence-electron chi connectivity index (χ2n) is 7.18. The van der Waals surface area contributed by atoms with Gasteiger partial charge in [0.15, 0.2) is 0 Å². The van der Waals surface area contributed by atoms with E-state index in [0.717, 1.165) is 24.5 Å². The summed E-state index contributed by atoms with van der Waals surface area (Å²) in [4.78, 5) is 11.2. The van der Waals surface area contributed by atoms with Crippen LogP contribution < -0.4 is 15.2 Å². The van der Waals surface area contributed by atoms with Gasteiger partial charge in [-0.1, -0.05) is 6.92 Å². The maximum atomic E-state index is 13.4. The summed E-state index contributed by atoms with van der Waals surface area (Å²) in [5, 5.41) is 9.34. The number of hydrogen-bond acceptors (Lipinski definition) is 6. The monoisotopic (exact) mass is 368 g/mol. The third kappa shape index (κ3) is 5.78. The normalized spacial score (nSPS) is 16.9. The molecule has 1 aromatic rings. The zero-order valence-electron chi connectivity index (χ0n) is 16.4. The summed E-state index contributed by atoms with van der Waals surface area (Å²) in [6, 6.07) is 1.88. The summed E-state index contributed by atoms with van der Waals surface area (Å²) in [5.74, 6) is -0.611. The Hall–Kier alpha value is -1.99. The van der Waals surface area contributed by atoms with Crippen molar-refractivity contribution in [2.45, 2.75) is 64.8 Å².